The van der Waals surface area contributed by atoms with Crippen LogP contribution in [0.15, 0.2) is 58.2 Å². The van der Waals surface area contributed by atoms with Crippen LogP contribution in [0.3, 0.4) is 0 Å². The zero-order valence-corrected chi connectivity index (χ0v) is 15.2. The number of amides is 1. The first kappa shape index (κ1) is 18.7. The molecule has 0 bridgehead atoms. The molecule has 10 heteroatoms. The van der Waals surface area contributed by atoms with Crippen LogP contribution in [0.2, 0.25) is 0 Å². The summed E-state index contributed by atoms with van der Waals surface area (Å²) in [4.78, 5) is 25.2. The first-order valence-corrected chi connectivity index (χ1v) is 9.64. The number of benzene rings is 2. The summed E-state index contributed by atoms with van der Waals surface area (Å²) in [6.45, 7) is 1.75. The van der Waals surface area contributed by atoms with E-state index < -0.39 is 27.5 Å². The molecule has 3 rings (SSSR count). The Balaban J connectivity index is 1.89. The fourth-order valence-electron chi connectivity index (χ4n) is 2.63. The first-order valence-electron chi connectivity index (χ1n) is 8.09. The van der Waals surface area contributed by atoms with Gasteiger partial charge in [-0.05, 0) is 42.8 Å². The minimum absolute atomic E-state index is 0.0656. The van der Waals surface area contributed by atoms with Crippen molar-refractivity contribution in [3.63, 3.8) is 0 Å². The fraction of sp³-hybridized carbons (Fsp3) is 0.176. The summed E-state index contributed by atoms with van der Waals surface area (Å²) in [5.41, 5.74) is 0.410. The summed E-state index contributed by atoms with van der Waals surface area (Å²) in [6.07, 6.45) is 0.314. The molecule has 1 heterocycles. The molecule has 0 radical (unpaired) electrons. The van der Waals surface area contributed by atoms with E-state index in [1.54, 1.807) is 31.2 Å². The second-order valence-corrected chi connectivity index (χ2v) is 7.40. The molecule has 0 aliphatic carbocycles. The second kappa shape index (κ2) is 7.25. The maximum absolute atomic E-state index is 12.6. The standard InChI is InChI=1S/C17H17N5O4S/c1-2-15(22-17(24)13-5-3-4-6-14(13)20-21-22)16(23)19-11-7-9-12(10-8-11)27(18,25)26/h3-10,15H,2H2,1H3,(H,19,23)(H2,18,25,26)/t15-/m1/s1. The van der Waals surface area contributed by atoms with Crippen LogP contribution in [0, 0.1) is 0 Å². The summed E-state index contributed by atoms with van der Waals surface area (Å²) in [5.74, 6) is -0.465. The molecular weight excluding hydrogens is 370 g/mol. The van der Waals surface area contributed by atoms with Crippen molar-refractivity contribution in [2.75, 3.05) is 5.32 Å². The first-order chi connectivity index (χ1) is 12.8. The van der Waals surface area contributed by atoms with Crippen molar-refractivity contribution < 1.29 is 13.2 Å². The van der Waals surface area contributed by atoms with Crippen molar-refractivity contribution in [3.05, 3.63) is 58.9 Å². The fourth-order valence-corrected chi connectivity index (χ4v) is 3.14. The molecule has 1 amide bonds. The zero-order chi connectivity index (χ0) is 19.6. The number of carbonyl (C=O) groups excluding carboxylic acids is 1. The SMILES string of the molecule is CC[C@H](C(=O)Nc1ccc(S(N)(=O)=O)cc1)n1nnc2ccccc2c1=O. The lowest BCUT2D eigenvalue weighted by molar-refractivity contribution is -0.119. The van der Waals surface area contributed by atoms with E-state index in [9.17, 15) is 18.0 Å². The molecule has 0 fully saturated rings. The minimum atomic E-state index is -3.81. The smallest absolute Gasteiger partial charge is 0.278 e. The molecule has 0 spiro atoms. The van der Waals surface area contributed by atoms with E-state index in [1.807, 2.05) is 0 Å². The number of hydrogen-bond donors (Lipinski definition) is 2. The lowest BCUT2D eigenvalue weighted by Gasteiger charge is -2.16. The van der Waals surface area contributed by atoms with Crippen molar-refractivity contribution in [1.29, 1.82) is 0 Å². The van der Waals surface area contributed by atoms with E-state index in [-0.39, 0.29) is 4.90 Å². The highest BCUT2D eigenvalue weighted by Crippen LogP contribution is 2.16. The normalized spacial score (nSPS) is 12.7. The van der Waals surface area contributed by atoms with E-state index in [2.05, 4.69) is 15.6 Å². The van der Waals surface area contributed by atoms with E-state index in [0.717, 1.165) is 4.68 Å². The van der Waals surface area contributed by atoms with Gasteiger partial charge in [-0.15, -0.1) is 5.10 Å². The molecule has 0 unspecified atom stereocenters. The van der Waals surface area contributed by atoms with Crippen LogP contribution < -0.4 is 16.0 Å². The third kappa shape index (κ3) is 3.86. The molecule has 1 atom stereocenters. The largest absolute Gasteiger partial charge is 0.324 e. The number of nitrogens with two attached hydrogens (primary N) is 1. The highest BCUT2D eigenvalue weighted by molar-refractivity contribution is 7.89. The van der Waals surface area contributed by atoms with Gasteiger partial charge in [0, 0.05) is 5.69 Å². The van der Waals surface area contributed by atoms with Gasteiger partial charge in [-0.1, -0.05) is 24.3 Å². The van der Waals surface area contributed by atoms with Gasteiger partial charge in [0.15, 0.2) is 0 Å². The Labute approximate surface area is 154 Å². The number of carbonyl (C=O) groups is 1. The van der Waals surface area contributed by atoms with Crippen LogP contribution in [0.4, 0.5) is 5.69 Å². The number of hydrogen-bond acceptors (Lipinski definition) is 6. The Morgan fingerprint density at radius 1 is 1.19 bits per heavy atom. The van der Waals surface area contributed by atoms with E-state index in [0.29, 0.717) is 23.0 Å². The van der Waals surface area contributed by atoms with Crippen LogP contribution in [-0.2, 0) is 14.8 Å². The van der Waals surface area contributed by atoms with Crippen LogP contribution in [0.1, 0.15) is 19.4 Å². The van der Waals surface area contributed by atoms with Crippen molar-refractivity contribution in [3.8, 4) is 0 Å². The average Bonchev–Trinajstić information content (AvgIpc) is 2.64. The van der Waals surface area contributed by atoms with Gasteiger partial charge < -0.3 is 5.32 Å². The highest BCUT2D eigenvalue weighted by atomic mass is 32.2. The number of nitrogens with one attached hydrogen (secondary N) is 1. The summed E-state index contributed by atoms with van der Waals surface area (Å²) < 4.78 is 23.6. The quantitative estimate of drug-likeness (QED) is 0.671. The molecule has 0 aliphatic heterocycles. The number of aromatic nitrogens is 3. The molecule has 0 aliphatic rings. The van der Waals surface area contributed by atoms with Crippen LogP contribution >= 0.6 is 0 Å². The van der Waals surface area contributed by atoms with Gasteiger partial charge in [0.1, 0.15) is 11.6 Å². The van der Waals surface area contributed by atoms with Gasteiger partial charge in [0.25, 0.3) is 5.56 Å². The summed E-state index contributed by atoms with van der Waals surface area (Å²) in [7, 11) is -3.81. The third-order valence-corrected chi connectivity index (χ3v) is 4.96. The summed E-state index contributed by atoms with van der Waals surface area (Å²) in [6, 6.07) is 11.3. The topological polar surface area (TPSA) is 137 Å². The maximum Gasteiger partial charge on any atom is 0.278 e. The van der Waals surface area contributed by atoms with Gasteiger partial charge >= 0.3 is 0 Å². The lowest BCUT2D eigenvalue weighted by atomic mass is 10.2. The Morgan fingerprint density at radius 3 is 2.48 bits per heavy atom. The second-order valence-electron chi connectivity index (χ2n) is 5.84. The van der Waals surface area contributed by atoms with Crippen molar-refractivity contribution in [1.82, 2.24) is 15.0 Å². The molecular formula is C17H17N5O4S. The van der Waals surface area contributed by atoms with E-state index >= 15 is 0 Å². The molecule has 27 heavy (non-hydrogen) atoms. The Morgan fingerprint density at radius 2 is 1.85 bits per heavy atom. The average molecular weight is 387 g/mol. The van der Waals surface area contributed by atoms with Crippen LogP contribution in [0.25, 0.3) is 10.9 Å². The zero-order valence-electron chi connectivity index (χ0n) is 14.4. The highest BCUT2D eigenvalue weighted by Gasteiger charge is 2.22. The Kier molecular flexibility index (Phi) is 5.02. The molecule has 0 saturated carbocycles. The molecule has 0 saturated heterocycles. The van der Waals surface area contributed by atoms with Gasteiger partial charge in [-0.2, -0.15) is 4.68 Å². The number of primary sulfonamides is 1. The predicted molar refractivity (Wildman–Crippen MR) is 99.6 cm³/mol. The Hall–Kier alpha value is -3.11. The number of anilines is 1. The maximum atomic E-state index is 12.6. The number of fused-ring (bicyclic) bond motifs is 1. The summed E-state index contributed by atoms with van der Waals surface area (Å²) in [5, 5.41) is 15.9. The number of nitrogens with zero attached hydrogens (tertiary/aromatic N) is 3. The molecule has 1 aromatic heterocycles. The van der Waals surface area contributed by atoms with E-state index in [1.165, 1.54) is 24.3 Å². The molecule has 2 aromatic carbocycles. The van der Waals surface area contributed by atoms with Gasteiger partial charge in [-0.3, -0.25) is 9.59 Å². The molecule has 3 N–H and O–H groups in total. The third-order valence-electron chi connectivity index (χ3n) is 4.03. The predicted octanol–water partition coefficient (Wildman–Crippen LogP) is 1.03. The van der Waals surface area contributed by atoms with Gasteiger partial charge in [-0.25, -0.2) is 13.6 Å². The molecule has 9 nitrogen and oxygen atoms in total. The summed E-state index contributed by atoms with van der Waals surface area (Å²) >= 11 is 0. The monoisotopic (exact) mass is 387 g/mol. The van der Waals surface area contributed by atoms with Crippen molar-refractivity contribution in [2.45, 2.75) is 24.3 Å². The molecule has 3 aromatic rings. The van der Waals surface area contributed by atoms with Crippen molar-refractivity contribution >= 4 is 32.5 Å². The number of rotatable bonds is 5. The van der Waals surface area contributed by atoms with Crippen molar-refractivity contribution in [2.24, 2.45) is 5.14 Å². The number of sulfonamides is 1. The van der Waals surface area contributed by atoms with Gasteiger partial charge in [0.2, 0.25) is 15.9 Å². The minimum Gasteiger partial charge on any atom is -0.324 e. The van der Waals surface area contributed by atoms with E-state index in [4.69, 9.17) is 5.14 Å². The van der Waals surface area contributed by atoms with Crippen LogP contribution in [0.5, 0.6) is 0 Å². The van der Waals surface area contributed by atoms with Crippen LogP contribution in [-0.4, -0.2) is 29.3 Å². The van der Waals surface area contributed by atoms with Gasteiger partial charge in [0.05, 0.1) is 10.3 Å². The lowest BCUT2D eigenvalue weighted by Crippen LogP contribution is -2.35. The Bertz CT molecular complexity index is 1160. The molecule has 140 valence electrons.